The van der Waals surface area contributed by atoms with Crippen molar-refractivity contribution in [1.29, 1.82) is 0 Å². The van der Waals surface area contributed by atoms with Crippen LogP contribution in [0.25, 0.3) is 11.3 Å². The van der Waals surface area contributed by atoms with Crippen LogP contribution in [-0.2, 0) is 6.54 Å². The van der Waals surface area contributed by atoms with Gasteiger partial charge in [-0.15, -0.1) is 5.10 Å². The molecule has 0 saturated carbocycles. The highest BCUT2D eigenvalue weighted by Crippen LogP contribution is 2.16. The van der Waals surface area contributed by atoms with Gasteiger partial charge in [-0.2, -0.15) is 0 Å². The Morgan fingerprint density at radius 2 is 2.31 bits per heavy atom. The van der Waals surface area contributed by atoms with Crippen LogP contribution in [0.15, 0.2) is 23.3 Å². The fourth-order valence-electron chi connectivity index (χ4n) is 1.60. The van der Waals surface area contributed by atoms with Crippen LogP contribution in [0.4, 0.5) is 0 Å². The number of aromatic amines is 1. The lowest BCUT2D eigenvalue weighted by Crippen LogP contribution is -2.09. The lowest BCUT2D eigenvalue weighted by molar-refractivity contribution is 0.584. The van der Waals surface area contributed by atoms with Crippen LogP contribution >= 0.6 is 0 Å². The Morgan fingerprint density at radius 1 is 1.50 bits per heavy atom. The van der Waals surface area contributed by atoms with Gasteiger partial charge < -0.3 is 4.98 Å². The largest absolute Gasteiger partial charge is 0.328 e. The maximum absolute atomic E-state index is 11.3. The fraction of sp³-hybridized carbons (Fsp3) is 0.364. The average molecular weight is 218 g/mol. The van der Waals surface area contributed by atoms with Gasteiger partial charge in [0.05, 0.1) is 11.9 Å². The summed E-state index contributed by atoms with van der Waals surface area (Å²) in [6, 6.07) is 1.85. The van der Waals surface area contributed by atoms with E-state index in [4.69, 9.17) is 0 Å². The Kier molecular flexibility index (Phi) is 2.85. The molecule has 0 atom stereocenters. The monoisotopic (exact) mass is 218 g/mol. The van der Waals surface area contributed by atoms with E-state index in [9.17, 15) is 4.79 Å². The van der Waals surface area contributed by atoms with Crippen molar-refractivity contribution < 1.29 is 0 Å². The van der Waals surface area contributed by atoms with Crippen LogP contribution in [-0.4, -0.2) is 20.0 Å². The van der Waals surface area contributed by atoms with Crippen molar-refractivity contribution >= 4 is 0 Å². The molecule has 84 valence electrons. The number of H-pyrrole nitrogens is 1. The van der Waals surface area contributed by atoms with E-state index in [1.807, 2.05) is 10.7 Å². The van der Waals surface area contributed by atoms with E-state index in [0.29, 0.717) is 5.56 Å². The van der Waals surface area contributed by atoms with Crippen LogP contribution in [0.5, 0.6) is 0 Å². The van der Waals surface area contributed by atoms with Gasteiger partial charge in [-0.25, -0.2) is 4.68 Å². The third-order valence-electron chi connectivity index (χ3n) is 2.44. The maximum Gasteiger partial charge on any atom is 0.250 e. The molecule has 0 bridgehead atoms. The topological polar surface area (TPSA) is 63.6 Å². The van der Waals surface area contributed by atoms with E-state index in [1.165, 1.54) is 0 Å². The normalized spacial score (nSPS) is 10.6. The number of rotatable bonds is 3. The van der Waals surface area contributed by atoms with Crippen LogP contribution in [0.2, 0.25) is 0 Å². The molecule has 0 aliphatic heterocycles. The summed E-state index contributed by atoms with van der Waals surface area (Å²) in [5.74, 6) is 0. The predicted octanol–water partition coefficient (Wildman–Crippen LogP) is 1.35. The van der Waals surface area contributed by atoms with Gasteiger partial charge in [-0.3, -0.25) is 4.79 Å². The molecule has 2 aromatic rings. The van der Waals surface area contributed by atoms with Gasteiger partial charge in [-0.1, -0.05) is 12.1 Å². The smallest absolute Gasteiger partial charge is 0.250 e. The first-order valence-electron chi connectivity index (χ1n) is 5.30. The Hall–Kier alpha value is -1.91. The number of nitrogens with one attached hydrogen (secondary N) is 1. The third kappa shape index (κ3) is 1.88. The molecular weight excluding hydrogens is 204 g/mol. The second-order valence-corrected chi connectivity index (χ2v) is 3.74. The highest BCUT2D eigenvalue weighted by atomic mass is 16.1. The summed E-state index contributed by atoms with van der Waals surface area (Å²) in [6.07, 6.45) is 4.40. The number of hydrogen-bond acceptors (Lipinski definition) is 3. The molecule has 1 N–H and O–H groups in total. The lowest BCUT2D eigenvalue weighted by Gasteiger charge is -2.04. The Bertz CT molecular complexity index is 541. The molecular formula is C11H14N4O. The number of nitrogens with zero attached hydrogens (tertiary/aromatic N) is 3. The first kappa shape index (κ1) is 10.6. The molecule has 0 amide bonds. The summed E-state index contributed by atoms with van der Waals surface area (Å²) in [5.41, 5.74) is 2.51. The van der Waals surface area contributed by atoms with Crippen molar-refractivity contribution in [3.05, 3.63) is 34.4 Å². The lowest BCUT2D eigenvalue weighted by atomic mass is 10.2. The van der Waals surface area contributed by atoms with Gasteiger partial charge in [0.1, 0.15) is 0 Å². The third-order valence-corrected chi connectivity index (χ3v) is 2.44. The summed E-state index contributed by atoms with van der Waals surface area (Å²) < 4.78 is 1.84. The van der Waals surface area contributed by atoms with Gasteiger partial charge >= 0.3 is 0 Å². The Morgan fingerprint density at radius 3 is 3.00 bits per heavy atom. The van der Waals surface area contributed by atoms with Crippen molar-refractivity contribution in [3.63, 3.8) is 0 Å². The van der Waals surface area contributed by atoms with E-state index in [-0.39, 0.29) is 5.56 Å². The predicted molar refractivity (Wildman–Crippen MR) is 61.1 cm³/mol. The minimum atomic E-state index is -0.0572. The number of pyridine rings is 1. The van der Waals surface area contributed by atoms with Crippen molar-refractivity contribution in [1.82, 2.24) is 20.0 Å². The quantitative estimate of drug-likeness (QED) is 0.845. The molecule has 0 saturated heterocycles. The van der Waals surface area contributed by atoms with Crippen LogP contribution in [0.3, 0.4) is 0 Å². The summed E-state index contributed by atoms with van der Waals surface area (Å²) in [5, 5.41) is 7.90. The van der Waals surface area contributed by atoms with Crippen molar-refractivity contribution in [2.75, 3.05) is 0 Å². The van der Waals surface area contributed by atoms with E-state index in [2.05, 4.69) is 22.2 Å². The van der Waals surface area contributed by atoms with E-state index < -0.39 is 0 Å². The molecule has 0 spiro atoms. The molecule has 5 nitrogen and oxygen atoms in total. The zero-order valence-electron chi connectivity index (χ0n) is 9.40. The Labute approximate surface area is 93.1 Å². The highest BCUT2D eigenvalue weighted by molar-refractivity contribution is 5.57. The minimum Gasteiger partial charge on any atom is -0.328 e. The zero-order chi connectivity index (χ0) is 11.5. The van der Waals surface area contributed by atoms with Gasteiger partial charge in [0.2, 0.25) is 0 Å². The summed E-state index contributed by atoms with van der Waals surface area (Å²) in [4.78, 5) is 14.0. The van der Waals surface area contributed by atoms with E-state index in [1.54, 1.807) is 19.3 Å². The molecule has 2 aromatic heterocycles. The molecule has 0 radical (unpaired) electrons. The van der Waals surface area contributed by atoms with E-state index in [0.717, 1.165) is 24.2 Å². The number of hydrogen-bond donors (Lipinski definition) is 1. The minimum absolute atomic E-state index is 0.0572. The molecule has 0 fully saturated rings. The SMILES string of the molecule is CCCn1nncc1-c1c[nH]c(=O)c(C)c1. The second kappa shape index (κ2) is 4.30. The van der Waals surface area contributed by atoms with Gasteiger partial charge in [0, 0.05) is 23.9 Å². The number of aromatic nitrogens is 4. The van der Waals surface area contributed by atoms with Crippen LogP contribution in [0, 0.1) is 6.92 Å². The van der Waals surface area contributed by atoms with Gasteiger partial charge in [-0.05, 0) is 19.4 Å². The van der Waals surface area contributed by atoms with Gasteiger partial charge in [0.15, 0.2) is 0 Å². The van der Waals surface area contributed by atoms with Gasteiger partial charge in [0.25, 0.3) is 5.56 Å². The zero-order valence-corrected chi connectivity index (χ0v) is 9.40. The van der Waals surface area contributed by atoms with Crippen molar-refractivity contribution in [3.8, 4) is 11.3 Å². The maximum atomic E-state index is 11.3. The second-order valence-electron chi connectivity index (χ2n) is 3.74. The van der Waals surface area contributed by atoms with Crippen molar-refractivity contribution in [2.24, 2.45) is 0 Å². The first-order valence-corrected chi connectivity index (χ1v) is 5.30. The Balaban J connectivity index is 2.46. The molecule has 2 rings (SSSR count). The first-order chi connectivity index (χ1) is 7.72. The van der Waals surface area contributed by atoms with Crippen LogP contribution < -0.4 is 5.56 Å². The summed E-state index contributed by atoms with van der Waals surface area (Å²) in [7, 11) is 0. The molecule has 5 heteroatoms. The standard InChI is InChI=1S/C11H14N4O/c1-3-4-15-10(7-13-14-15)9-5-8(2)11(16)12-6-9/h5-7H,3-4H2,1-2H3,(H,12,16). The molecule has 0 unspecified atom stereocenters. The fourth-order valence-corrected chi connectivity index (χ4v) is 1.60. The molecule has 0 aliphatic rings. The number of aryl methyl sites for hydroxylation is 2. The summed E-state index contributed by atoms with van der Waals surface area (Å²) in [6.45, 7) is 4.70. The average Bonchev–Trinajstić information content (AvgIpc) is 2.71. The van der Waals surface area contributed by atoms with E-state index >= 15 is 0 Å². The summed E-state index contributed by atoms with van der Waals surface area (Å²) >= 11 is 0. The molecule has 16 heavy (non-hydrogen) atoms. The van der Waals surface area contributed by atoms with Crippen molar-refractivity contribution in [2.45, 2.75) is 26.8 Å². The molecule has 0 aromatic carbocycles. The highest BCUT2D eigenvalue weighted by Gasteiger charge is 2.07. The molecule has 0 aliphatic carbocycles. The van der Waals surface area contributed by atoms with Crippen LogP contribution in [0.1, 0.15) is 18.9 Å². The molecule has 2 heterocycles.